The third-order valence-electron chi connectivity index (χ3n) is 4.72. The fraction of sp³-hybridized carbons (Fsp3) is 0.115. The molecule has 0 aliphatic carbocycles. The molecule has 7 heteroatoms. The molecule has 0 spiro atoms. The highest BCUT2D eigenvalue weighted by molar-refractivity contribution is 6.14. The van der Waals surface area contributed by atoms with E-state index in [2.05, 4.69) is 0 Å². The van der Waals surface area contributed by atoms with Crippen LogP contribution in [0, 0.1) is 0 Å². The van der Waals surface area contributed by atoms with Crippen molar-refractivity contribution in [1.29, 1.82) is 0 Å². The first-order valence-corrected chi connectivity index (χ1v) is 10.1. The fourth-order valence-corrected chi connectivity index (χ4v) is 3.21. The van der Waals surface area contributed by atoms with E-state index in [0.717, 1.165) is 0 Å². The van der Waals surface area contributed by atoms with Gasteiger partial charge in [-0.15, -0.1) is 0 Å². The minimum Gasteiger partial charge on any atom is -0.508 e. The molecule has 7 nitrogen and oxygen atoms in total. The molecular weight excluding hydrogens is 424 g/mol. The van der Waals surface area contributed by atoms with Crippen molar-refractivity contribution in [2.45, 2.75) is 6.92 Å². The molecule has 0 aliphatic heterocycles. The first kappa shape index (κ1) is 23.3. The van der Waals surface area contributed by atoms with Gasteiger partial charge in [-0.3, -0.25) is 0 Å². The second-order valence-corrected chi connectivity index (χ2v) is 7.10. The van der Waals surface area contributed by atoms with Crippen molar-refractivity contribution >= 4 is 23.7 Å². The van der Waals surface area contributed by atoms with E-state index in [9.17, 15) is 25.2 Å². The van der Waals surface area contributed by atoms with E-state index in [1.165, 1.54) is 43.5 Å². The lowest BCUT2D eigenvalue weighted by molar-refractivity contribution is -0.137. The molecule has 4 N–H and O–H groups in total. The van der Waals surface area contributed by atoms with Gasteiger partial charge in [-0.05, 0) is 77.7 Å². The second-order valence-electron chi connectivity index (χ2n) is 7.10. The van der Waals surface area contributed by atoms with Crippen LogP contribution in [0.3, 0.4) is 0 Å². The van der Waals surface area contributed by atoms with Gasteiger partial charge in [-0.1, -0.05) is 18.2 Å². The van der Waals surface area contributed by atoms with Gasteiger partial charge in [-0.2, -0.15) is 0 Å². The summed E-state index contributed by atoms with van der Waals surface area (Å²) in [5.41, 5.74) is 2.07. The quantitative estimate of drug-likeness (QED) is 0.179. The van der Waals surface area contributed by atoms with Gasteiger partial charge >= 0.3 is 5.97 Å². The zero-order valence-corrected chi connectivity index (χ0v) is 18.1. The van der Waals surface area contributed by atoms with E-state index in [-0.39, 0.29) is 40.9 Å². The number of hydrogen-bond donors (Lipinski definition) is 4. The van der Waals surface area contributed by atoms with Crippen LogP contribution in [-0.4, -0.2) is 40.1 Å². The Morgan fingerprint density at radius 3 is 2.06 bits per heavy atom. The monoisotopic (exact) mass is 448 g/mol. The molecular formula is C26H24O7. The molecule has 3 aromatic carbocycles. The first-order chi connectivity index (χ1) is 15.8. The van der Waals surface area contributed by atoms with Crippen molar-refractivity contribution in [3.63, 3.8) is 0 Å². The van der Waals surface area contributed by atoms with Crippen LogP contribution >= 0.6 is 0 Å². The summed E-state index contributed by atoms with van der Waals surface area (Å²) in [6.07, 6.45) is 3.24. The number of esters is 1. The molecule has 33 heavy (non-hydrogen) atoms. The molecule has 0 saturated heterocycles. The summed E-state index contributed by atoms with van der Waals surface area (Å²) in [6.45, 7) is 1.81. The van der Waals surface area contributed by atoms with Crippen LogP contribution in [0.15, 0.2) is 66.2 Å². The van der Waals surface area contributed by atoms with E-state index < -0.39 is 5.97 Å². The third-order valence-corrected chi connectivity index (χ3v) is 4.72. The number of phenols is 4. The number of hydrogen-bond acceptors (Lipinski definition) is 7. The zero-order chi connectivity index (χ0) is 24.0. The molecule has 0 amide bonds. The maximum Gasteiger partial charge on any atom is 0.338 e. The summed E-state index contributed by atoms with van der Waals surface area (Å²) < 4.78 is 10.4. The number of carbonyl (C=O) groups is 1. The molecule has 0 fully saturated rings. The van der Waals surface area contributed by atoms with Crippen LogP contribution in [0.25, 0.3) is 17.7 Å². The lowest BCUT2D eigenvalue weighted by Gasteiger charge is -2.14. The second kappa shape index (κ2) is 10.3. The minimum atomic E-state index is -0.627. The maximum absolute atomic E-state index is 13.0. The van der Waals surface area contributed by atoms with Crippen LogP contribution in [0.4, 0.5) is 0 Å². The molecule has 0 unspecified atom stereocenters. The molecule has 0 saturated carbocycles. The Balaban J connectivity index is 2.27. The third kappa shape index (κ3) is 5.86. The molecule has 3 aromatic rings. The Kier molecular flexibility index (Phi) is 7.25. The summed E-state index contributed by atoms with van der Waals surface area (Å²) in [7, 11) is 1.42. The van der Waals surface area contributed by atoms with E-state index >= 15 is 0 Å². The van der Waals surface area contributed by atoms with Gasteiger partial charge in [0.05, 0.1) is 19.3 Å². The lowest BCUT2D eigenvalue weighted by Crippen LogP contribution is -2.09. The molecule has 0 heterocycles. The van der Waals surface area contributed by atoms with Gasteiger partial charge in [0.1, 0.15) is 17.2 Å². The maximum atomic E-state index is 13.0. The van der Waals surface area contributed by atoms with E-state index in [1.54, 1.807) is 43.3 Å². The summed E-state index contributed by atoms with van der Waals surface area (Å²) in [5, 5.41) is 39.6. The van der Waals surface area contributed by atoms with Gasteiger partial charge in [-0.25, -0.2) is 4.79 Å². The number of benzene rings is 3. The first-order valence-electron chi connectivity index (χ1n) is 10.1. The number of rotatable bonds is 7. The predicted octanol–water partition coefficient (Wildman–Crippen LogP) is 4.70. The van der Waals surface area contributed by atoms with Crippen molar-refractivity contribution in [2.75, 3.05) is 13.7 Å². The van der Waals surface area contributed by atoms with Gasteiger partial charge < -0.3 is 29.9 Å². The van der Waals surface area contributed by atoms with Gasteiger partial charge in [0.25, 0.3) is 0 Å². The summed E-state index contributed by atoms with van der Waals surface area (Å²) in [6, 6.07) is 14.9. The van der Waals surface area contributed by atoms with Crippen molar-refractivity contribution in [1.82, 2.24) is 0 Å². The van der Waals surface area contributed by atoms with E-state index in [0.29, 0.717) is 22.3 Å². The zero-order valence-electron chi connectivity index (χ0n) is 18.1. The summed E-state index contributed by atoms with van der Waals surface area (Å²) >= 11 is 0. The number of carbonyl (C=O) groups excluding carboxylic acids is 1. The highest BCUT2D eigenvalue weighted by Crippen LogP contribution is 2.35. The van der Waals surface area contributed by atoms with Crippen molar-refractivity contribution in [2.24, 2.45) is 0 Å². The highest BCUT2D eigenvalue weighted by Gasteiger charge is 2.20. The van der Waals surface area contributed by atoms with Crippen molar-refractivity contribution in [3.05, 3.63) is 82.9 Å². The summed E-state index contributed by atoms with van der Waals surface area (Å²) in [5.74, 6) is -0.734. The Hall–Kier alpha value is -4.39. The van der Waals surface area contributed by atoms with Crippen LogP contribution in [0.1, 0.15) is 23.6 Å². The molecule has 0 radical (unpaired) electrons. The van der Waals surface area contributed by atoms with Crippen molar-refractivity contribution in [3.8, 4) is 28.7 Å². The number of ether oxygens (including phenoxy) is 2. The molecule has 0 bridgehead atoms. The Morgan fingerprint density at radius 1 is 0.818 bits per heavy atom. The molecule has 0 aromatic heterocycles. The smallest absolute Gasteiger partial charge is 0.338 e. The van der Waals surface area contributed by atoms with Gasteiger partial charge in [0.15, 0.2) is 11.5 Å². The van der Waals surface area contributed by atoms with Crippen molar-refractivity contribution < 1.29 is 34.7 Å². The Bertz CT molecular complexity index is 1190. The molecule has 0 atom stereocenters. The summed E-state index contributed by atoms with van der Waals surface area (Å²) in [4.78, 5) is 13.0. The SMILES string of the molecule is CCOC(=O)C(=C/c1ccc(O)c(OC)c1)/C(=C/c1ccc(O)cc1)c1cc(O)cc(O)c1. The van der Waals surface area contributed by atoms with Crippen LogP contribution in [-0.2, 0) is 9.53 Å². The number of methoxy groups -OCH3 is 1. The van der Waals surface area contributed by atoms with Gasteiger partial charge in [0.2, 0.25) is 0 Å². The Labute approximate surface area is 191 Å². The van der Waals surface area contributed by atoms with Gasteiger partial charge in [0, 0.05) is 6.07 Å². The fourth-order valence-electron chi connectivity index (χ4n) is 3.21. The van der Waals surface area contributed by atoms with E-state index in [4.69, 9.17) is 9.47 Å². The minimum absolute atomic E-state index is 0.0508. The molecule has 0 aliphatic rings. The van der Waals surface area contributed by atoms with Crippen LogP contribution in [0.2, 0.25) is 0 Å². The number of aromatic hydroxyl groups is 4. The van der Waals surface area contributed by atoms with E-state index in [1.807, 2.05) is 0 Å². The van der Waals surface area contributed by atoms with Crippen LogP contribution in [0.5, 0.6) is 28.7 Å². The normalized spacial score (nSPS) is 11.8. The standard InChI is InChI=1S/C26H24O7/c1-3-33-26(31)23(11-17-6-9-24(30)25(12-17)32-2)22(10-16-4-7-19(27)8-5-16)18-13-20(28)15-21(29)14-18/h4-15,27-30H,3H2,1-2H3/b22-10+,23-11+. The van der Waals surface area contributed by atoms with Crippen LogP contribution < -0.4 is 4.74 Å². The predicted molar refractivity (Wildman–Crippen MR) is 125 cm³/mol. The lowest BCUT2D eigenvalue weighted by atomic mass is 9.93. The average Bonchev–Trinajstić information content (AvgIpc) is 2.78. The highest BCUT2D eigenvalue weighted by atomic mass is 16.5. The largest absolute Gasteiger partial charge is 0.508 e. The Morgan fingerprint density at radius 2 is 1.45 bits per heavy atom. The molecule has 3 rings (SSSR count). The topological polar surface area (TPSA) is 116 Å². The average molecular weight is 448 g/mol. The number of phenolic OH excluding ortho intramolecular Hbond substituents is 4. The molecule has 170 valence electrons.